The molecule has 0 nitrogen and oxygen atoms in total. The lowest BCUT2D eigenvalue weighted by atomic mass is 9.73. The minimum atomic E-state index is 0. The van der Waals surface area contributed by atoms with Crippen LogP contribution in [0.3, 0.4) is 0 Å². The van der Waals surface area contributed by atoms with Gasteiger partial charge in [-0.1, -0.05) is 219 Å². The van der Waals surface area contributed by atoms with E-state index in [-0.39, 0.29) is 104 Å². The molecule has 316 valence electrons. The highest BCUT2D eigenvalue weighted by molar-refractivity contribution is 4.97. The molecule has 4 aliphatic rings. The highest BCUT2D eigenvalue weighted by Gasteiger charge is 2.48. The molecule has 10 atom stereocenters. The summed E-state index contributed by atoms with van der Waals surface area (Å²) in [6.07, 6.45) is 17.0. The second kappa shape index (κ2) is 45.0. The van der Waals surface area contributed by atoms with E-state index in [1.54, 1.807) is 38.5 Å². The molecule has 0 saturated heterocycles. The molecule has 0 bridgehead atoms. The van der Waals surface area contributed by atoms with Gasteiger partial charge in [0.1, 0.15) is 0 Å². The molecule has 0 N–H and O–H groups in total. The van der Waals surface area contributed by atoms with Gasteiger partial charge in [0.15, 0.2) is 0 Å². The van der Waals surface area contributed by atoms with Crippen molar-refractivity contribution in [3.8, 4) is 0 Å². The van der Waals surface area contributed by atoms with Gasteiger partial charge in [0, 0.05) is 0 Å². The Balaban J connectivity index is -0.0000000384. The normalized spacial score (nSPS) is 29.0. The summed E-state index contributed by atoms with van der Waals surface area (Å²) < 4.78 is 0. The van der Waals surface area contributed by atoms with Crippen molar-refractivity contribution >= 4 is 0 Å². The lowest BCUT2D eigenvalue weighted by Gasteiger charge is -2.32. The second-order valence-corrected chi connectivity index (χ2v) is 13.9. The molecule has 0 aromatic heterocycles. The number of rotatable bonds is 4. The fraction of sp³-hybridized carbons (Fsp3) is 1.00. The van der Waals surface area contributed by atoms with E-state index in [0.29, 0.717) is 5.41 Å². The quantitative estimate of drug-likeness (QED) is 0.274. The van der Waals surface area contributed by atoms with Crippen LogP contribution in [0.15, 0.2) is 0 Å². The van der Waals surface area contributed by atoms with Gasteiger partial charge in [0.05, 0.1) is 0 Å². The van der Waals surface area contributed by atoms with Gasteiger partial charge in [-0.15, -0.1) is 0 Å². The maximum atomic E-state index is 2.60. The first kappa shape index (κ1) is 91.7. The molecule has 0 aliphatic heterocycles. The van der Waals surface area contributed by atoms with Crippen molar-refractivity contribution in [2.24, 2.45) is 64.6 Å². The van der Waals surface area contributed by atoms with E-state index in [9.17, 15) is 0 Å². The van der Waals surface area contributed by atoms with Gasteiger partial charge in [-0.2, -0.15) is 0 Å². The van der Waals surface area contributed by atoms with Gasteiger partial charge in [-0.3, -0.25) is 0 Å². The summed E-state index contributed by atoms with van der Waals surface area (Å²) in [6.45, 7) is 27.1. The Bertz CT molecular complexity index is 467. The monoisotopic (exact) mass is 701 g/mol. The molecule has 0 aromatic carbocycles. The van der Waals surface area contributed by atoms with E-state index < -0.39 is 0 Å². The molecule has 4 saturated carbocycles. The summed E-state index contributed by atoms with van der Waals surface area (Å²) in [5, 5.41) is 0. The van der Waals surface area contributed by atoms with Crippen LogP contribution in [-0.2, 0) is 0 Å². The average molecular weight is 702 g/mol. The Morgan fingerprint density at radius 1 is 0.354 bits per heavy atom. The maximum Gasteiger partial charge on any atom is -0.0352 e. The zero-order valence-corrected chi connectivity index (χ0v) is 26.1. The summed E-state index contributed by atoms with van der Waals surface area (Å²) in [7, 11) is 0. The Hall–Kier alpha value is 0. The number of hydrogen-bond donors (Lipinski definition) is 0. The van der Waals surface area contributed by atoms with Crippen LogP contribution in [0, 0.1) is 64.6 Å². The maximum absolute atomic E-state index is 2.60. The van der Waals surface area contributed by atoms with Gasteiger partial charge < -0.3 is 0 Å². The Kier molecular flexibility index (Phi) is 86.0. The van der Waals surface area contributed by atoms with Gasteiger partial charge in [-0.25, -0.2) is 0 Å². The molecule has 0 spiro atoms. The molecule has 0 heterocycles. The van der Waals surface area contributed by atoms with E-state index in [4.69, 9.17) is 0 Å². The van der Waals surface area contributed by atoms with Crippen molar-refractivity contribution in [2.75, 3.05) is 0 Å². The van der Waals surface area contributed by atoms with Crippen molar-refractivity contribution in [3.63, 3.8) is 0 Å². The molecule has 0 aromatic rings. The minimum Gasteiger partial charge on any atom is -0.0776 e. The van der Waals surface area contributed by atoms with Crippen molar-refractivity contribution in [2.45, 2.75) is 258 Å². The molecular formula is C48H124. The second-order valence-electron chi connectivity index (χ2n) is 13.9. The van der Waals surface area contributed by atoms with E-state index in [2.05, 4.69) is 55.4 Å². The number of hydrogen-bond acceptors (Lipinski definition) is 0. The summed E-state index contributed by atoms with van der Waals surface area (Å²) in [4.78, 5) is 0. The predicted molar refractivity (Wildman–Crippen MR) is 250 cm³/mol. The van der Waals surface area contributed by atoms with Gasteiger partial charge in [0.2, 0.25) is 0 Å². The molecule has 0 amide bonds. The Morgan fingerprint density at radius 2 is 0.542 bits per heavy atom. The van der Waals surface area contributed by atoms with Crippen LogP contribution in [0.5, 0.6) is 0 Å². The van der Waals surface area contributed by atoms with Gasteiger partial charge in [0.25, 0.3) is 0 Å². The summed E-state index contributed by atoms with van der Waals surface area (Å²) in [5.41, 5.74) is 0.500. The third-order valence-electron chi connectivity index (χ3n) is 10.3. The average Bonchev–Trinajstić information content (AvgIpc) is 3.21. The van der Waals surface area contributed by atoms with Crippen LogP contribution < -0.4 is 0 Å². The predicted octanol–water partition coefficient (Wildman–Crippen LogP) is 20.6. The molecule has 4 fully saturated rings. The Morgan fingerprint density at radius 3 is 0.750 bits per heavy atom. The topological polar surface area (TPSA) is 0 Å². The Labute approximate surface area is 321 Å². The van der Waals surface area contributed by atoms with Crippen molar-refractivity contribution < 1.29 is 0 Å². The first-order valence-corrected chi connectivity index (χ1v) is 16.1. The molecule has 10 unspecified atom stereocenters. The fourth-order valence-electron chi connectivity index (χ4n) is 8.63. The minimum absolute atomic E-state index is 0. The van der Waals surface area contributed by atoms with Gasteiger partial charge >= 0.3 is 0 Å². The highest BCUT2D eigenvalue weighted by Crippen LogP contribution is 2.56. The molecule has 4 rings (SSSR count). The standard InChI is InChI=1S/C25H44.C5H12.2C2H6.14CH4/c1-16-18(3)22(24-12-7-5-10-20(16)24)14-9-15-23-19(4)17(2)21-11-6-8-13-25(21)23;1-5(2,3)4;2*1-2;;;;;;;;;;;;;;/h16-25H,5-15H2,1-4H3;1-4H3;2*1-2H3;14*1H4. The van der Waals surface area contributed by atoms with E-state index in [1.807, 2.05) is 27.7 Å². The molecule has 4 aliphatic carbocycles. The summed E-state index contributed by atoms with van der Waals surface area (Å²) in [6, 6.07) is 0. The smallest absolute Gasteiger partial charge is 0.0352 e. The van der Waals surface area contributed by atoms with E-state index >= 15 is 0 Å². The van der Waals surface area contributed by atoms with Crippen LogP contribution in [0.2, 0.25) is 0 Å². The molecule has 48 heavy (non-hydrogen) atoms. The van der Waals surface area contributed by atoms with Crippen molar-refractivity contribution in [1.29, 1.82) is 0 Å². The van der Waals surface area contributed by atoms with Crippen molar-refractivity contribution in [1.82, 2.24) is 0 Å². The lowest BCUT2D eigenvalue weighted by Crippen LogP contribution is -2.22. The first-order chi connectivity index (χ1) is 16.1. The third kappa shape index (κ3) is 25.9. The van der Waals surface area contributed by atoms with Crippen LogP contribution in [0.25, 0.3) is 0 Å². The van der Waals surface area contributed by atoms with Crippen LogP contribution in [0.4, 0.5) is 0 Å². The third-order valence-corrected chi connectivity index (χ3v) is 10.3. The van der Waals surface area contributed by atoms with Crippen molar-refractivity contribution in [3.05, 3.63) is 0 Å². The zero-order valence-electron chi connectivity index (χ0n) is 26.1. The van der Waals surface area contributed by atoms with E-state index in [1.165, 1.54) is 32.1 Å². The zero-order chi connectivity index (χ0) is 26.1. The highest BCUT2D eigenvalue weighted by atomic mass is 14.5. The molecular weight excluding hydrogens is 577 g/mol. The van der Waals surface area contributed by atoms with Gasteiger partial charge in [-0.05, 0) is 103 Å². The SMILES string of the molecule is C.C.C.C.C.C.C.C.C.C.C.C.C.C.CC.CC.CC(C)(C)C.CC1C(C)C(CCCC2C(C)C(C)C3CCCCC32)C2CCCCC12. The largest absolute Gasteiger partial charge is 0.0776 e. The van der Waals surface area contributed by atoms with Crippen LogP contribution in [-0.4, -0.2) is 0 Å². The summed E-state index contributed by atoms with van der Waals surface area (Å²) >= 11 is 0. The summed E-state index contributed by atoms with van der Waals surface area (Å²) in [5.74, 6) is 10.5. The molecule has 0 heteroatoms. The number of fused-ring (bicyclic) bond motifs is 2. The molecule has 0 radical (unpaired) electrons. The van der Waals surface area contributed by atoms with Crippen LogP contribution in [0.1, 0.15) is 258 Å². The first-order valence-electron chi connectivity index (χ1n) is 16.1. The van der Waals surface area contributed by atoms with E-state index in [0.717, 1.165) is 59.2 Å². The lowest BCUT2D eigenvalue weighted by molar-refractivity contribution is 0.181. The fourth-order valence-corrected chi connectivity index (χ4v) is 8.63. The van der Waals surface area contributed by atoms with Crippen LogP contribution >= 0.6 is 0 Å².